The first-order valence-electron chi connectivity index (χ1n) is 6.40. The molecule has 0 aromatic heterocycles. The maximum absolute atomic E-state index is 12.7. The fourth-order valence-corrected chi connectivity index (χ4v) is 2.64. The predicted octanol–water partition coefficient (Wildman–Crippen LogP) is 1.89. The van der Waals surface area contributed by atoms with E-state index < -0.39 is 23.1 Å². The van der Waals surface area contributed by atoms with Crippen molar-refractivity contribution in [2.45, 2.75) is 0 Å². The molecule has 0 radical (unpaired) electrons. The van der Waals surface area contributed by atoms with Crippen LogP contribution in [0.5, 0.6) is 23.0 Å². The maximum Gasteiger partial charge on any atom is 0.203 e. The molecule has 112 valence electrons. The van der Waals surface area contributed by atoms with Crippen LogP contribution in [0.3, 0.4) is 0 Å². The summed E-state index contributed by atoms with van der Waals surface area (Å²) < 4.78 is 10.0. The summed E-state index contributed by atoms with van der Waals surface area (Å²) in [5.74, 6) is -2.01. The Bertz CT molecular complexity index is 822. The fourth-order valence-electron chi connectivity index (χ4n) is 2.64. The topological polar surface area (TPSA) is 93.1 Å². The Labute approximate surface area is 125 Å². The van der Waals surface area contributed by atoms with Crippen molar-refractivity contribution in [3.63, 3.8) is 0 Å². The highest BCUT2D eigenvalue weighted by Crippen LogP contribution is 2.45. The molecule has 2 aromatic rings. The van der Waals surface area contributed by atoms with Crippen LogP contribution in [0.15, 0.2) is 24.3 Å². The second kappa shape index (κ2) is 4.77. The molecule has 0 unspecified atom stereocenters. The molecule has 6 heteroatoms. The summed E-state index contributed by atoms with van der Waals surface area (Å²) >= 11 is 0. The highest BCUT2D eigenvalue weighted by Gasteiger charge is 2.36. The Morgan fingerprint density at radius 2 is 1.64 bits per heavy atom. The molecule has 0 saturated heterocycles. The molecule has 0 atom stereocenters. The normalized spacial score (nSPS) is 12.6. The van der Waals surface area contributed by atoms with E-state index in [1.54, 1.807) is 12.1 Å². The lowest BCUT2D eigenvalue weighted by Gasteiger charge is -2.21. The van der Waals surface area contributed by atoms with Crippen LogP contribution < -0.4 is 9.47 Å². The van der Waals surface area contributed by atoms with E-state index in [0.29, 0.717) is 0 Å². The molecule has 22 heavy (non-hydrogen) atoms. The van der Waals surface area contributed by atoms with Gasteiger partial charge in [0.05, 0.1) is 25.3 Å². The number of rotatable bonds is 2. The van der Waals surface area contributed by atoms with E-state index >= 15 is 0 Å². The Morgan fingerprint density at radius 3 is 2.27 bits per heavy atom. The van der Waals surface area contributed by atoms with Gasteiger partial charge in [0.1, 0.15) is 5.75 Å². The van der Waals surface area contributed by atoms with Gasteiger partial charge < -0.3 is 19.7 Å². The highest BCUT2D eigenvalue weighted by molar-refractivity contribution is 6.30. The Hall–Kier alpha value is -3.02. The zero-order valence-corrected chi connectivity index (χ0v) is 11.8. The van der Waals surface area contributed by atoms with Crippen molar-refractivity contribution < 1.29 is 29.3 Å². The van der Waals surface area contributed by atoms with Crippen molar-refractivity contribution in [1.29, 1.82) is 0 Å². The predicted molar refractivity (Wildman–Crippen MR) is 76.2 cm³/mol. The number of methoxy groups -OCH3 is 2. The van der Waals surface area contributed by atoms with Gasteiger partial charge in [-0.25, -0.2) is 0 Å². The average molecular weight is 300 g/mol. The van der Waals surface area contributed by atoms with Crippen LogP contribution in [-0.4, -0.2) is 36.0 Å². The van der Waals surface area contributed by atoms with Gasteiger partial charge in [0.25, 0.3) is 0 Å². The highest BCUT2D eigenvalue weighted by atomic mass is 16.5. The molecule has 0 heterocycles. The van der Waals surface area contributed by atoms with Crippen molar-refractivity contribution in [2.75, 3.05) is 14.2 Å². The number of carbonyl (C=O) groups excluding carboxylic acids is 2. The molecular formula is C16H12O6. The molecule has 2 aromatic carbocycles. The van der Waals surface area contributed by atoms with Crippen LogP contribution in [0.25, 0.3) is 0 Å². The first-order chi connectivity index (χ1) is 10.5. The number of ketones is 2. The lowest BCUT2D eigenvalue weighted by Crippen LogP contribution is -2.22. The number of phenolic OH excluding ortho intramolecular Hbond substituents is 2. The zero-order chi connectivity index (χ0) is 16.0. The molecule has 0 bridgehead atoms. The van der Waals surface area contributed by atoms with Gasteiger partial charge in [-0.2, -0.15) is 0 Å². The van der Waals surface area contributed by atoms with Crippen LogP contribution >= 0.6 is 0 Å². The van der Waals surface area contributed by atoms with E-state index in [1.165, 1.54) is 20.3 Å². The number of hydrogen-bond acceptors (Lipinski definition) is 6. The number of phenols is 2. The second-order valence-electron chi connectivity index (χ2n) is 4.74. The summed E-state index contributed by atoms with van der Waals surface area (Å²) in [5, 5.41) is 20.0. The van der Waals surface area contributed by atoms with E-state index in [4.69, 9.17) is 9.47 Å². The summed E-state index contributed by atoms with van der Waals surface area (Å²) in [7, 11) is 2.63. The van der Waals surface area contributed by atoms with Gasteiger partial charge in [-0.05, 0) is 12.1 Å². The molecule has 1 aliphatic carbocycles. The summed E-state index contributed by atoms with van der Waals surface area (Å²) in [6.07, 6.45) is 0. The number of benzene rings is 2. The lowest BCUT2D eigenvalue weighted by atomic mass is 9.82. The van der Waals surface area contributed by atoms with Crippen LogP contribution in [0, 0.1) is 0 Å². The summed E-state index contributed by atoms with van der Waals surface area (Å²) in [6.45, 7) is 0. The first kappa shape index (κ1) is 13.9. The van der Waals surface area contributed by atoms with Crippen molar-refractivity contribution in [3.05, 3.63) is 46.5 Å². The van der Waals surface area contributed by atoms with Crippen LogP contribution in [-0.2, 0) is 0 Å². The van der Waals surface area contributed by atoms with Crippen LogP contribution in [0.1, 0.15) is 31.8 Å². The molecular weight excluding hydrogens is 288 g/mol. The van der Waals surface area contributed by atoms with E-state index in [0.717, 1.165) is 6.07 Å². The van der Waals surface area contributed by atoms with Gasteiger partial charge in [0.15, 0.2) is 17.3 Å². The smallest absolute Gasteiger partial charge is 0.203 e. The summed E-state index contributed by atoms with van der Waals surface area (Å²) in [5.41, 5.74) is -0.00966. The number of ether oxygens (including phenoxy) is 2. The fraction of sp³-hybridized carbons (Fsp3) is 0.125. The third-order valence-electron chi connectivity index (χ3n) is 3.63. The molecule has 3 rings (SSSR count). The summed E-state index contributed by atoms with van der Waals surface area (Å²) in [6, 6.07) is 5.77. The molecule has 0 spiro atoms. The third kappa shape index (κ3) is 1.67. The maximum atomic E-state index is 12.7. The van der Waals surface area contributed by atoms with Crippen molar-refractivity contribution >= 4 is 11.6 Å². The molecule has 0 fully saturated rings. The van der Waals surface area contributed by atoms with Crippen molar-refractivity contribution in [1.82, 2.24) is 0 Å². The minimum Gasteiger partial charge on any atom is -0.504 e. The Kier molecular flexibility index (Phi) is 3.02. The molecule has 0 amide bonds. The first-order valence-corrected chi connectivity index (χ1v) is 6.40. The van der Waals surface area contributed by atoms with Crippen LogP contribution in [0.2, 0.25) is 0 Å². The minimum absolute atomic E-state index is 0.0680. The van der Waals surface area contributed by atoms with Gasteiger partial charge in [-0.15, -0.1) is 0 Å². The standard InChI is InChI=1S/C16H12O6/c1-21-10-5-3-4-7-11(10)14(19)12-8(13(7)18)6-9(17)16(22-2)15(12)20/h3-6,17,20H,1-2H3. The zero-order valence-electron chi connectivity index (χ0n) is 11.8. The van der Waals surface area contributed by atoms with Gasteiger partial charge in [0, 0.05) is 11.1 Å². The number of fused-ring (bicyclic) bond motifs is 2. The third-order valence-corrected chi connectivity index (χ3v) is 3.63. The second-order valence-corrected chi connectivity index (χ2v) is 4.74. The molecule has 0 saturated carbocycles. The van der Waals surface area contributed by atoms with E-state index in [9.17, 15) is 19.8 Å². The molecule has 2 N–H and O–H groups in total. The quantitative estimate of drug-likeness (QED) is 0.750. The molecule has 1 aliphatic rings. The van der Waals surface area contributed by atoms with Gasteiger partial charge in [0.2, 0.25) is 11.5 Å². The SMILES string of the molecule is COc1cccc2c1C(=O)c1c(cc(O)c(OC)c1O)C2=O. The van der Waals surface area contributed by atoms with Crippen molar-refractivity contribution in [2.24, 2.45) is 0 Å². The van der Waals surface area contributed by atoms with Crippen LogP contribution in [0.4, 0.5) is 0 Å². The van der Waals surface area contributed by atoms with Crippen molar-refractivity contribution in [3.8, 4) is 23.0 Å². The largest absolute Gasteiger partial charge is 0.504 e. The van der Waals surface area contributed by atoms with E-state index in [2.05, 4.69) is 0 Å². The number of carbonyl (C=O) groups is 2. The monoisotopic (exact) mass is 300 g/mol. The van der Waals surface area contributed by atoms with Gasteiger partial charge >= 0.3 is 0 Å². The molecule has 0 aliphatic heterocycles. The molecule has 6 nitrogen and oxygen atoms in total. The lowest BCUT2D eigenvalue weighted by molar-refractivity contribution is 0.0973. The van der Waals surface area contributed by atoms with E-state index in [-0.39, 0.29) is 33.8 Å². The van der Waals surface area contributed by atoms with E-state index in [1.807, 2.05) is 0 Å². The minimum atomic E-state index is -0.563. The Balaban J connectivity index is 2.37. The average Bonchev–Trinajstić information content (AvgIpc) is 2.51. The number of aromatic hydroxyl groups is 2. The van der Waals surface area contributed by atoms with Gasteiger partial charge in [-0.1, -0.05) is 12.1 Å². The summed E-state index contributed by atoms with van der Waals surface area (Å²) in [4.78, 5) is 25.3. The number of hydrogen-bond donors (Lipinski definition) is 2. The Morgan fingerprint density at radius 1 is 0.909 bits per heavy atom. The van der Waals surface area contributed by atoms with Gasteiger partial charge in [-0.3, -0.25) is 9.59 Å².